The first-order valence-electron chi connectivity index (χ1n) is 10.6. The number of benzene rings is 1. The van der Waals surface area contributed by atoms with Crippen LogP contribution in [-0.4, -0.2) is 78.0 Å². The Labute approximate surface area is 203 Å². The number of ether oxygens (including phenoxy) is 2. The zero-order chi connectivity index (χ0) is 22.9. The number of hydrogen-bond donors (Lipinski definition) is 2. The average Bonchev–Trinajstić information content (AvgIpc) is 2.81. The van der Waals surface area contributed by atoms with Crippen molar-refractivity contribution in [3.05, 3.63) is 41.2 Å². The van der Waals surface area contributed by atoms with Crippen LogP contribution in [0.25, 0.3) is 0 Å². The summed E-state index contributed by atoms with van der Waals surface area (Å²) < 4.78 is 11.0. The van der Waals surface area contributed by atoms with Crippen molar-refractivity contribution < 1.29 is 19.7 Å². The summed E-state index contributed by atoms with van der Waals surface area (Å²) in [4.78, 5) is 23.7. The Kier molecular flexibility index (Phi) is 11.2. The van der Waals surface area contributed by atoms with E-state index in [1.165, 1.54) is 7.11 Å². The molecular formula is C22H32ClN5O4S. The number of hydrogen-bond acceptors (Lipinski definition) is 8. The largest absolute Gasteiger partial charge is 0.496 e. The van der Waals surface area contributed by atoms with Crippen LogP contribution in [-0.2, 0) is 4.74 Å². The zero-order valence-electron chi connectivity index (χ0n) is 18.9. The summed E-state index contributed by atoms with van der Waals surface area (Å²) in [6.07, 6.45) is 6.43. The van der Waals surface area contributed by atoms with E-state index in [2.05, 4.69) is 20.2 Å². The van der Waals surface area contributed by atoms with Gasteiger partial charge in [0.05, 0.1) is 35.5 Å². The number of unbranched alkanes of at least 4 members (excludes halogenated alkanes) is 1. The van der Waals surface area contributed by atoms with Crippen LogP contribution in [0.5, 0.6) is 5.75 Å². The van der Waals surface area contributed by atoms with Crippen molar-refractivity contribution in [1.82, 2.24) is 20.2 Å². The highest BCUT2D eigenvalue weighted by molar-refractivity contribution is 7.99. The molecule has 2 heterocycles. The Morgan fingerprint density at radius 1 is 1.30 bits per heavy atom. The molecule has 1 aromatic heterocycles. The number of amides is 1. The summed E-state index contributed by atoms with van der Waals surface area (Å²) in [6, 6.07) is 4.84. The third-order valence-corrected chi connectivity index (χ3v) is 6.76. The highest BCUT2D eigenvalue weighted by Crippen LogP contribution is 2.29. The molecule has 0 radical (unpaired) electrons. The Morgan fingerprint density at radius 3 is 2.76 bits per heavy atom. The summed E-state index contributed by atoms with van der Waals surface area (Å²) in [5, 5.41) is 4.23. The lowest BCUT2D eigenvalue weighted by Crippen LogP contribution is -2.54. The molecule has 11 heteroatoms. The van der Waals surface area contributed by atoms with Gasteiger partial charge in [-0.2, -0.15) is 0 Å². The lowest BCUT2D eigenvalue weighted by molar-refractivity contribution is 0.00611. The van der Waals surface area contributed by atoms with Gasteiger partial charge >= 0.3 is 0 Å². The van der Waals surface area contributed by atoms with E-state index < -0.39 is 0 Å². The van der Waals surface area contributed by atoms with E-state index >= 15 is 0 Å². The molecule has 0 unspecified atom stereocenters. The molecule has 1 amide bonds. The molecule has 1 aliphatic rings. The second-order valence-corrected chi connectivity index (χ2v) is 9.07. The maximum atomic E-state index is 12.9. The van der Waals surface area contributed by atoms with Crippen LogP contribution >= 0.6 is 23.4 Å². The van der Waals surface area contributed by atoms with E-state index in [-0.39, 0.29) is 23.5 Å². The number of thioether (sulfide) groups is 1. The molecule has 2 atom stereocenters. The summed E-state index contributed by atoms with van der Waals surface area (Å²) in [5.41, 5.74) is 6.56. The number of piperidine rings is 1. The first-order valence-corrected chi connectivity index (χ1v) is 12.0. The van der Waals surface area contributed by atoms with Gasteiger partial charge in [-0.25, -0.2) is 9.97 Å². The number of nitrogens with two attached hydrogens (primary N) is 1. The number of carbonyl (C=O) groups excluding carboxylic acids is 1. The third kappa shape index (κ3) is 7.72. The maximum Gasteiger partial charge on any atom is 0.255 e. The molecule has 33 heavy (non-hydrogen) atoms. The molecule has 1 fully saturated rings. The molecule has 1 aliphatic heterocycles. The standard InChI is InChI=1S/C22H30ClN5O3S.H2O/c1-30-19-13-17(24)16(23)12-15(19)21(29)27-18-6-10-28(14-20(18)31-2)9-3-4-11-32-22-25-7-5-8-26-22;/h5,7-8,12-13,18,20H,3-4,6,9-11,14,24H2,1-2H3,(H,27,29);1H2/t18-,20+;/m1./s1. The minimum absolute atomic E-state index is 0. The Morgan fingerprint density at radius 2 is 2.06 bits per heavy atom. The van der Waals surface area contributed by atoms with Crippen LogP contribution in [0, 0.1) is 0 Å². The van der Waals surface area contributed by atoms with Crippen molar-refractivity contribution in [2.75, 3.05) is 45.3 Å². The lowest BCUT2D eigenvalue weighted by atomic mass is 10.0. The Balaban J connectivity index is 0.00000385. The number of carbonyl (C=O) groups is 1. The molecule has 2 aromatic rings. The van der Waals surface area contributed by atoms with Gasteiger partial charge in [0.2, 0.25) is 0 Å². The van der Waals surface area contributed by atoms with Crippen LogP contribution in [0.1, 0.15) is 29.6 Å². The number of methoxy groups -OCH3 is 2. The lowest BCUT2D eigenvalue weighted by Gasteiger charge is -2.38. The van der Waals surface area contributed by atoms with E-state index in [1.807, 2.05) is 6.07 Å². The molecule has 1 saturated heterocycles. The van der Waals surface area contributed by atoms with E-state index in [0.717, 1.165) is 49.8 Å². The number of likely N-dealkylation sites (tertiary alicyclic amines) is 1. The average molecular weight is 498 g/mol. The molecule has 0 saturated carbocycles. The SMILES string of the molecule is COc1cc(N)c(Cl)cc1C(=O)N[C@@H]1CCN(CCCCSc2ncccn2)C[C@@H]1OC.O. The molecule has 3 rings (SSSR count). The van der Waals surface area contributed by atoms with Crippen molar-refractivity contribution in [2.24, 2.45) is 0 Å². The molecule has 0 bridgehead atoms. The fourth-order valence-corrected chi connectivity index (χ4v) is 4.68. The molecule has 9 nitrogen and oxygen atoms in total. The van der Waals surface area contributed by atoms with Gasteiger partial charge in [-0.3, -0.25) is 4.79 Å². The monoisotopic (exact) mass is 497 g/mol. The summed E-state index contributed by atoms with van der Waals surface area (Å²) >= 11 is 7.79. The molecule has 182 valence electrons. The number of rotatable bonds is 10. The smallest absolute Gasteiger partial charge is 0.255 e. The number of anilines is 1. The second kappa shape index (κ2) is 13.6. The van der Waals surface area contributed by atoms with E-state index in [4.69, 9.17) is 26.8 Å². The topological polar surface area (TPSA) is 134 Å². The Bertz CT molecular complexity index is 893. The minimum atomic E-state index is -0.246. The third-order valence-electron chi connectivity index (χ3n) is 5.47. The van der Waals surface area contributed by atoms with Crippen molar-refractivity contribution in [3.8, 4) is 5.75 Å². The van der Waals surface area contributed by atoms with Crippen LogP contribution in [0.2, 0.25) is 5.02 Å². The minimum Gasteiger partial charge on any atom is -0.496 e. The zero-order valence-corrected chi connectivity index (χ0v) is 20.5. The van der Waals surface area contributed by atoms with Gasteiger partial charge in [-0.1, -0.05) is 23.4 Å². The fraction of sp³-hybridized carbons (Fsp3) is 0.500. The summed E-state index contributed by atoms with van der Waals surface area (Å²) in [7, 11) is 3.19. The Hall–Kier alpha value is -2.11. The highest BCUT2D eigenvalue weighted by atomic mass is 35.5. The predicted molar refractivity (Wildman–Crippen MR) is 131 cm³/mol. The van der Waals surface area contributed by atoms with E-state index in [9.17, 15) is 4.79 Å². The van der Waals surface area contributed by atoms with Gasteiger partial charge in [0.25, 0.3) is 5.91 Å². The van der Waals surface area contributed by atoms with E-state index in [1.54, 1.807) is 43.4 Å². The number of nitrogens with one attached hydrogen (secondary N) is 1. The highest BCUT2D eigenvalue weighted by Gasteiger charge is 2.31. The summed E-state index contributed by atoms with van der Waals surface area (Å²) in [5.74, 6) is 1.15. The number of aromatic nitrogens is 2. The molecule has 0 aliphatic carbocycles. The van der Waals surface area contributed by atoms with Crippen molar-refractivity contribution in [3.63, 3.8) is 0 Å². The van der Waals surface area contributed by atoms with Gasteiger partial charge in [-0.05, 0) is 37.9 Å². The van der Waals surface area contributed by atoms with Crippen LogP contribution < -0.4 is 15.8 Å². The normalized spacial score (nSPS) is 18.4. The molecule has 0 spiro atoms. The first-order chi connectivity index (χ1) is 15.5. The number of halogens is 1. The summed E-state index contributed by atoms with van der Waals surface area (Å²) in [6.45, 7) is 2.67. The number of nitrogen functional groups attached to an aromatic ring is 1. The quantitative estimate of drug-likeness (QED) is 0.221. The van der Waals surface area contributed by atoms with Crippen LogP contribution in [0.4, 0.5) is 5.69 Å². The van der Waals surface area contributed by atoms with E-state index in [0.29, 0.717) is 22.0 Å². The molecule has 5 N–H and O–H groups in total. The first kappa shape index (κ1) is 27.1. The number of nitrogens with zero attached hydrogens (tertiary/aromatic N) is 3. The predicted octanol–water partition coefficient (Wildman–Crippen LogP) is 2.29. The van der Waals surface area contributed by atoms with Crippen LogP contribution in [0.15, 0.2) is 35.7 Å². The van der Waals surface area contributed by atoms with Gasteiger partial charge in [0.1, 0.15) is 5.75 Å². The fourth-order valence-electron chi connectivity index (χ4n) is 3.71. The molecule has 1 aromatic carbocycles. The van der Waals surface area contributed by atoms with Gasteiger partial charge < -0.3 is 30.9 Å². The van der Waals surface area contributed by atoms with Crippen molar-refractivity contribution >= 4 is 35.0 Å². The van der Waals surface area contributed by atoms with Crippen molar-refractivity contribution in [1.29, 1.82) is 0 Å². The second-order valence-electron chi connectivity index (χ2n) is 7.60. The van der Waals surface area contributed by atoms with Crippen LogP contribution in [0.3, 0.4) is 0 Å². The van der Waals surface area contributed by atoms with Crippen molar-refractivity contribution in [2.45, 2.75) is 36.6 Å². The molecular weight excluding hydrogens is 466 g/mol. The van der Waals surface area contributed by atoms with Gasteiger partial charge in [-0.15, -0.1) is 0 Å². The van der Waals surface area contributed by atoms with Gasteiger partial charge in [0, 0.05) is 44.4 Å². The van der Waals surface area contributed by atoms with Gasteiger partial charge in [0.15, 0.2) is 5.16 Å². The maximum absolute atomic E-state index is 12.9.